The van der Waals surface area contributed by atoms with E-state index in [2.05, 4.69) is 10.4 Å². The molecule has 1 aliphatic heterocycles. The Kier molecular flexibility index (Phi) is 5.88. The molecule has 1 aliphatic rings. The Labute approximate surface area is 152 Å². The number of ether oxygens (including phenoxy) is 1. The third-order valence-electron chi connectivity index (χ3n) is 4.37. The molecule has 3 rings (SSSR count). The molecule has 1 atom stereocenters. The SMILES string of the molecule is CCOc1ccccc1N1CC(C(=O)NCCCn2cccn2)CC1=O. The van der Waals surface area contributed by atoms with E-state index in [9.17, 15) is 9.59 Å². The molecule has 2 amide bonds. The number of carbonyl (C=O) groups is 2. The normalized spacial score (nSPS) is 16.7. The number of rotatable bonds is 8. The summed E-state index contributed by atoms with van der Waals surface area (Å²) in [5.41, 5.74) is 0.730. The minimum Gasteiger partial charge on any atom is -0.492 e. The molecule has 138 valence electrons. The minimum absolute atomic E-state index is 0.0474. The van der Waals surface area contributed by atoms with Gasteiger partial charge in [-0.1, -0.05) is 12.1 Å². The fraction of sp³-hybridized carbons (Fsp3) is 0.421. The molecule has 0 bridgehead atoms. The number of amides is 2. The molecule has 0 spiro atoms. The predicted molar refractivity (Wildman–Crippen MR) is 97.9 cm³/mol. The Balaban J connectivity index is 1.53. The molecule has 7 heteroatoms. The minimum atomic E-state index is -0.332. The van der Waals surface area contributed by atoms with Gasteiger partial charge in [-0.05, 0) is 31.5 Å². The van der Waals surface area contributed by atoms with E-state index in [1.807, 2.05) is 48.1 Å². The van der Waals surface area contributed by atoms with Crippen LogP contribution in [0.2, 0.25) is 0 Å². The van der Waals surface area contributed by atoms with Crippen LogP contribution in [0.5, 0.6) is 5.75 Å². The third kappa shape index (κ3) is 4.22. The first-order valence-electron chi connectivity index (χ1n) is 8.96. The molecule has 7 nitrogen and oxygen atoms in total. The summed E-state index contributed by atoms with van der Waals surface area (Å²) in [6.45, 7) is 4.14. The lowest BCUT2D eigenvalue weighted by atomic mass is 10.1. The first kappa shape index (κ1) is 18.0. The maximum absolute atomic E-state index is 12.4. The van der Waals surface area contributed by atoms with Crippen LogP contribution in [-0.2, 0) is 16.1 Å². The van der Waals surface area contributed by atoms with Crippen LogP contribution in [0.15, 0.2) is 42.7 Å². The standard InChI is InChI=1S/C19H24N4O3/c1-2-26-17-8-4-3-7-16(17)23-14-15(13-18(23)24)19(25)20-9-5-11-22-12-6-10-21-22/h3-4,6-8,10,12,15H,2,5,9,11,13-14H2,1H3,(H,20,25). The van der Waals surface area contributed by atoms with Crippen molar-refractivity contribution in [1.29, 1.82) is 0 Å². The molecule has 0 radical (unpaired) electrons. The van der Waals surface area contributed by atoms with Crippen molar-refractivity contribution >= 4 is 17.5 Å². The van der Waals surface area contributed by atoms with E-state index in [0.717, 1.165) is 18.7 Å². The Morgan fingerprint density at radius 2 is 2.19 bits per heavy atom. The second-order valence-electron chi connectivity index (χ2n) is 6.22. The molecule has 0 saturated carbocycles. The van der Waals surface area contributed by atoms with Crippen LogP contribution in [0.3, 0.4) is 0 Å². The zero-order valence-electron chi connectivity index (χ0n) is 14.9. The van der Waals surface area contributed by atoms with Gasteiger partial charge in [-0.15, -0.1) is 0 Å². The number of benzene rings is 1. The van der Waals surface area contributed by atoms with E-state index in [0.29, 0.717) is 25.4 Å². The lowest BCUT2D eigenvalue weighted by Crippen LogP contribution is -2.34. The van der Waals surface area contributed by atoms with Gasteiger partial charge in [0, 0.05) is 38.4 Å². The van der Waals surface area contributed by atoms with Crippen molar-refractivity contribution in [2.45, 2.75) is 26.3 Å². The highest BCUT2D eigenvalue weighted by Gasteiger charge is 2.36. The fourth-order valence-corrected chi connectivity index (χ4v) is 3.10. The van der Waals surface area contributed by atoms with E-state index in [1.165, 1.54) is 0 Å². The number of carbonyl (C=O) groups excluding carboxylic acids is 2. The van der Waals surface area contributed by atoms with E-state index >= 15 is 0 Å². The highest BCUT2D eigenvalue weighted by molar-refractivity contribution is 6.01. The molecule has 1 unspecified atom stereocenters. The van der Waals surface area contributed by atoms with Crippen LogP contribution in [0.25, 0.3) is 0 Å². The highest BCUT2D eigenvalue weighted by atomic mass is 16.5. The monoisotopic (exact) mass is 356 g/mol. The number of para-hydroxylation sites is 2. The van der Waals surface area contributed by atoms with Gasteiger partial charge in [-0.2, -0.15) is 5.10 Å². The van der Waals surface area contributed by atoms with E-state index in [1.54, 1.807) is 11.1 Å². The summed E-state index contributed by atoms with van der Waals surface area (Å²) in [4.78, 5) is 26.5. The lowest BCUT2D eigenvalue weighted by molar-refractivity contribution is -0.126. The van der Waals surface area contributed by atoms with Gasteiger partial charge in [0.15, 0.2) is 0 Å². The molecule has 1 aromatic heterocycles. The topological polar surface area (TPSA) is 76.5 Å². The first-order valence-corrected chi connectivity index (χ1v) is 8.96. The zero-order valence-corrected chi connectivity index (χ0v) is 14.9. The van der Waals surface area contributed by atoms with Crippen LogP contribution in [0.1, 0.15) is 19.8 Å². The molecular formula is C19H24N4O3. The molecule has 2 heterocycles. The number of hydrogen-bond acceptors (Lipinski definition) is 4. The number of aryl methyl sites for hydroxylation is 1. The van der Waals surface area contributed by atoms with Crippen molar-refractivity contribution in [2.24, 2.45) is 5.92 Å². The highest BCUT2D eigenvalue weighted by Crippen LogP contribution is 2.33. The summed E-state index contributed by atoms with van der Waals surface area (Å²) < 4.78 is 7.44. The molecule has 1 fully saturated rings. The number of nitrogens with one attached hydrogen (secondary N) is 1. The van der Waals surface area contributed by atoms with Crippen molar-refractivity contribution < 1.29 is 14.3 Å². The second-order valence-corrected chi connectivity index (χ2v) is 6.22. The lowest BCUT2D eigenvalue weighted by Gasteiger charge is -2.20. The summed E-state index contributed by atoms with van der Waals surface area (Å²) in [6, 6.07) is 9.31. The average Bonchev–Trinajstić information content (AvgIpc) is 3.29. The zero-order chi connectivity index (χ0) is 18.4. The molecule has 1 saturated heterocycles. The Bertz CT molecular complexity index is 745. The number of anilines is 1. The van der Waals surface area contributed by atoms with Gasteiger partial charge >= 0.3 is 0 Å². The van der Waals surface area contributed by atoms with Gasteiger partial charge in [0.2, 0.25) is 11.8 Å². The van der Waals surface area contributed by atoms with Crippen LogP contribution < -0.4 is 15.0 Å². The summed E-state index contributed by atoms with van der Waals surface area (Å²) in [7, 11) is 0. The molecular weight excluding hydrogens is 332 g/mol. The Morgan fingerprint density at radius 1 is 1.35 bits per heavy atom. The largest absolute Gasteiger partial charge is 0.492 e. The number of nitrogens with zero attached hydrogens (tertiary/aromatic N) is 3. The van der Waals surface area contributed by atoms with Crippen molar-refractivity contribution in [3.8, 4) is 5.75 Å². The summed E-state index contributed by atoms with van der Waals surface area (Å²) in [6.07, 6.45) is 4.65. The molecule has 1 aromatic carbocycles. The van der Waals surface area contributed by atoms with Gasteiger partial charge in [0.1, 0.15) is 5.75 Å². The average molecular weight is 356 g/mol. The molecule has 2 aromatic rings. The van der Waals surface area contributed by atoms with Crippen molar-refractivity contribution in [2.75, 3.05) is 24.6 Å². The van der Waals surface area contributed by atoms with Crippen LogP contribution in [0, 0.1) is 5.92 Å². The van der Waals surface area contributed by atoms with E-state index < -0.39 is 0 Å². The van der Waals surface area contributed by atoms with Crippen LogP contribution >= 0.6 is 0 Å². The van der Waals surface area contributed by atoms with E-state index in [4.69, 9.17) is 4.74 Å². The van der Waals surface area contributed by atoms with Crippen LogP contribution in [-0.4, -0.2) is 41.3 Å². The molecule has 26 heavy (non-hydrogen) atoms. The smallest absolute Gasteiger partial charge is 0.227 e. The van der Waals surface area contributed by atoms with Crippen molar-refractivity contribution in [3.63, 3.8) is 0 Å². The summed E-state index contributed by atoms with van der Waals surface area (Å²) in [5.74, 6) is 0.217. The maximum Gasteiger partial charge on any atom is 0.227 e. The summed E-state index contributed by atoms with van der Waals surface area (Å²) >= 11 is 0. The van der Waals surface area contributed by atoms with Crippen molar-refractivity contribution in [1.82, 2.24) is 15.1 Å². The quantitative estimate of drug-likeness (QED) is 0.732. The molecule has 1 N–H and O–H groups in total. The van der Waals surface area contributed by atoms with Gasteiger partial charge in [-0.3, -0.25) is 14.3 Å². The van der Waals surface area contributed by atoms with Gasteiger partial charge in [0.25, 0.3) is 0 Å². The van der Waals surface area contributed by atoms with Crippen LogP contribution in [0.4, 0.5) is 5.69 Å². The van der Waals surface area contributed by atoms with E-state index in [-0.39, 0.29) is 24.2 Å². The summed E-state index contributed by atoms with van der Waals surface area (Å²) in [5, 5.41) is 7.06. The van der Waals surface area contributed by atoms with Crippen molar-refractivity contribution in [3.05, 3.63) is 42.7 Å². The molecule has 0 aliphatic carbocycles. The maximum atomic E-state index is 12.4. The number of aromatic nitrogens is 2. The van der Waals surface area contributed by atoms with Gasteiger partial charge < -0.3 is 15.0 Å². The Hall–Kier alpha value is -2.83. The van der Waals surface area contributed by atoms with Gasteiger partial charge in [0.05, 0.1) is 18.2 Å². The number of hydrogen-bond donors (Lipinski definition) is 1. The predicted octanol–water partition coefficient (Wildman–Crippen LogP) is 1.84. The first-order chi connectivity index (χ1) is 12.7. The Morgan fingerprint density at radius 3 is 2.96 bits per heavy atom. The van der Waals surface area contributed by atoms with Gasteiger partial charge in [-0.25, -0.2) is 0 Å². The second kappa shape index (κ2) is 8.51. The fourth-order valence-electron chi connectivity index (χ4n) is 3.10. The third-order valence-corrected chi connectivity index (χ3v) is 4.37.